The Bertz CT molecular complexity index is 982. The van der Waals surface area contributed by atoms with Crippen LogP contribution < -0.4 is 0 Å². The Kier molecular flexibility index (Phi) is 6.23. The number of nitrogens with zero attached hydrogens (tertiary/aromatic N) is 4. The number of aliphatic hydroxyl groups excluding tert-OH is 1. The SMILES string of the molecule is CN([C@@H](Cc1ccccc1)/C(O)=C/[N+]#N)S(=O)(=O)c1ccc([N+](=O)[O-])cc1. The van der Waals surface area contributed by atoms with E-state index in [4.69, 9.17) is 5.39 Å². The number of hydrogen-bond donors (Lipinski definition) is 1. The molecular weight excluding hydrogens is 372 g/mol. The number of nitro groups is 1. The third kappa shape index (κ3) is 4.66. The molecule has 0 aromatic heterocycles. The third-order valence-electron chi connectivity index (χ3n) is 3.97. The fourth-order valence-electron chi connectivity index (χ4n) is 2.48. The molecule has 1 N–H and O–H groups in total. The maximum atomic E-state index is 12.9. The predicted octanol–water partition coefficient (Wildman–Crippen LogP) is 3.08. The number of benzene rings is 2. The molecule has 0 heterocycles. The van der Waals surface area contributed by atoms with Crippen LogP contribution in [-0.4, -0.2) is 35.8 Å². The molecular formula is C17H17N4O5S+. The van der Waals surface area contributed by atoms with Crippen LogP contribution in [0.4, 0.5) is 5.69 Å². The fourth-order valence-corrected chi connectivity index (χ4v) is 3.81. The van der Waals surface area contributed by atoms with Crippen molar-refractivity contribution in [3.05, 3.63) is 87.2 Å². The van der Waals surface area contributed by atoms with E-state index in [1.807, 2.05) is 0 Å². The van der Waals surface area contributed by atoms with Crippen molar-refractivity contribution < 1.29 is 18.4 Å². The normalized spacial score (nSPS) is 13.1. The number of rotatable bonds is 7. The van der Waals surface area contributed by atoms with Crippen LogP contribution in [0.15, 0.2) is 71.5 Å². The van der Waals surface area contributed by atoms with E-state index in [0.29, 0.717) is 0 Å². The lowest BCUT2D eigenvalue weighted by Crippen LogP contribution is -2.39. The lowest BCUT2D eigenvalue weighted by molar-refractivity contribution is -0.384. The molecule has 10 heteroatoms. The van der Waals surface area contributed by atoms with Crippen molar-refractivity contribution >= 4 is 15.7 Å². The van der Waals surface area contributed by atoms with Crippen molar-refractivity contribution in [1.29, 1.82) is 5.39 Å². The van der Waals surface area contributed by atoms with E-state index in [9.17, 15) is 23.6 Å². The quantitative estimate of drug-likeness (QED) is 0.335. The molecule has 2 rings (SSSR count). The van der Waals surface area contributed by atoms with Gasteiger partial charge in [0.15, 0.2) is 10.7 Å². The lowest BCUT2D eigenvalue weighted by atomic mass is 10.1. The van der Waals surface area contributed by atoms with Crippen LogP contribution in [0.25, 0.3) is 4.98 Å². The van der Waals surface area contributed by atoms with Crippen LogP contribution in [-0.2, 0) is 16.4 Å². The Morgan fingerprint density at radius 2 is 1.85 bits per heavy atom. The van der Waals surface area contributed by atoms with E-state index in [0.717, 1.165) is 40.3 Å². The van der Waals surface area contributed by atoms with Gasteiger partial charge in [-0.25, -0.2) is 8.42 Å². The zero-order valence-electron chi connectivity index (χ0n) is 14.3. The number of non-ortho nitro benzene ring substituents is 1. The van der Waals surface area contributed by atoms with Gasteiger partial charge in [0.25, 0.3) is 5.69 Å². The minimum atomic E-state index is -4.08. The molecule has 0 saturated carbocycles. The van der Waals surface area contributed by atoms with Gasteiger partial charge >= 0.3 is 6.20 Å². The predicted molar refractivity (Wildman–Crippen MR) is 97.8 cm³/mol. The van der Waals surface area contributed by atoms with Crippen molar-refractivity contribution in [3.8, 4) is 0 Å². The lowest BCUT2D eigenvalue weighted by Gasteiger charge is -2.25. The minimum Gasteiger partial charge on any atom is -0.504 e. The van der Waals surface area contributed by atoms with E-state index in [1.54, 1.807) is 30.3 Å². The van der Waals surface area contributed by atoms with Crippen molar-refractivity contribution in [2.75, 3.05) is 7.05 Å². The Hall–Kier alpha value is -3.29. The topological polar surface area (TPSA) is 129 Å². The first-order valence-electron chi connectivity index (χ1n) is 7.77. The first-order chi connectivity index (χ1) is 12.8. The first-order valence-corrected chi connectivity index (χ1v) is 9.21. The van der Waals surface area contributed by atoms with E-state index in [-0.39, 0.29) is 17.0 Å². The standard InChI is InChI=1S/C17H16N4O5S/c1-20(27(25,26)15-9-7-14(8-10-15)21(23)24)16(17(22)12-19-18)11-13-5-3-2-4-6-13/h2-10,12,16H,11H2,1H3/p+1/b17-12-/t16-/m0/s1. The number of aliphatic hydroxyl groups is 1. The highest BCUT2D eigenvalue weighted by molar-refractivity contribution is 7.89. The minimum absolute atomic E-state index is 0.126. The maximum absolute atomic E-state index is 12.9. The van der Waals surface area contributed by atoms with Crippen LogP contribution in [0.5, 0.6) is 0 Å². The zero-order valence-corrected chi connectivity index (χ0v) is 15.2. The van der Waals surface area contributed by atoms with E-state index in [1.165, 1.54) is 7.05 Å². The summed E-state index contributed by atoms with van der Waals surface area (Å²) in [6.07, 6.45) is 0.886. The molecule has 2 aromatic carbocycles. The molecule has 0 spiro atoms. The van der Waals surface area contributed by atoms with Gasteiger partial charge < -0.3 is 5.11 Å². The summed E-state index contributed by atoms with van der Waals surface area (Å²) in [5.41, 5.74) is 0.519. The van der Waals surface area contributed by atoms with Crippen LogP contribution in [0.3, 0.4) is 0 Å². The molecule has 0 radical (unpaired) electrons. The average molecular weight is 389 g/mol. The average Bonchev–Trinajstić information content (AvgIpc) is 2.66. The van der Waals surface area contributed by atoms with Crippen LogP contribution in [0, 0.1) is 15.5 Å². The summed E-state index contributed by atoms with van der Waals surface area (Å²) in [5.74, 6) is -0.450. The third-order valence-corrected chi connectivity index (χ3v) is 5.85. The smallest absolute Gasteiger partial charge is 0.389 e. The summed E-state index contributed by atoms with van der Waals surface area (Å²) < 4.78 is 26.7. The highest BCUT2D eigenvalue weighted by atomic mass is 32.2. The molecule has 0 amide bonds. The van der Waals surface area contributed by atoms with Gasteiger partial charge in [-0.05, 0) is 24.1 Å². The van der Waals surface area contributed by atoms with Gasteiger partial charge in [-0.1, -0.05) is 30.3 Å². The largest absolute Gasteiger partial charge is 0.504 e. The molecule has 27 heavy (non-hydrogen) atoms. The van der Waals surface area contributed by atoms with E-state index < -0.39 is 26.7 Å². The van der Waals surface area contributed by atoms with E-state index >= 15 is 0 Å². The van der Waals surface area contributed by atoms with Crippen LogP contribution in [0.2, 0.25) is 0 Å². The van der Waals surface area contributed by atoms with Crippen LogP contribution >= 0.6 is 0 Å². The van der Waals surface area contributed by atoms with Crippen molar-refractivity contribution in [2.24, 2.45) is 0 Å². The first kappa shape index (κ1) is 20.0. The molecule has 140 valence electrons. The highest BCUT2D eigenvalue weighted by Gasteiger charge is 2.32. The second kappa shape index (κ2) is 8.39. The Morgan fingerprint density at radius 3 is 2.37 bits per heavy atom. The van der Waals surface area contributed by atoms with E-state index in [2.05, 4.69) is 4.98 Å². The molecule has 0 aliphatic carbocycles. The molecule has 0 bridgehead atoms. The Labute approximate surface area is 156 Å². The maximum Gasteiger partial charge on any atom is 0.389 e. The summed E-state index contributed by atoms with van der Waals surface area (Å²) in [4.78, 5) is 12.7. The summed E-state index contributed by atoms with van der Waals surface area (Å²) in [7, 11) is -2.81. The monoisotopic (exact) mass is 389 g/mol. The highest BCUT2D eigenvalue weighted by Crippen LogP contribution is 2.24. The van der Waals surface area contributed by atoms with Gasteiger partial charge in [0.2, 0.25) is 15.4 Å². The molecule has 0 unspecified atom stereocenters. The molecule has 0 fully saturated rings. The second-order valence-corrected chi connectivity index (χ2v) is 7.64. The fraction of sp³-hybridized carbons (Fsp3) is 0.176. The second-order valence-electron chi connectivity index (χ2n) is 5.65. The molecule has 2 aromatic rings. The summed E-state index contributed by atoms with van der Waals surface area (Å²) >= 11 is 0. The van der Waals surface area contributed by atoms with Gasteiger partial charge in [-0.15, -0.1) is 0 Å². The number of nitro benzene ring substituents is 1. The number of hydrogen-bond acceptors (Lipinski definition) is 6. The molecule has 0 saturated heterocycles. The number of likely N-dealkylation sites (N-methyl/N-ethyl adjacent to an activating group) is 1. The van der Waals surface area contributed by atoms with Gasteiger partial charge in [0.1, 0.15) is 0 Å². The Morgan fingerprint density at radius 1 is 1.26 bits per heavy atom. The van der Waals surface area contributed by atoms with Gasteiger partial charge in [-0.2, -0.15) is 4.31 Å². The van der Waals surface area contributed by atoms with Gasteiger partial charge in [-0.3, -0.25) is 10.1 Å². The van der Waals surface area contributed by atoms with Gasteiger partial charge in [0, 0.05) is 19.2 Å². The van der Waals surface area contributed by atoms with Crippen LogP contribution in [0.1, 0.15) is 5.56 Å². The molecule has 0 aliphatic rings. The molecule has 1 atom stereocenters. The summed E-state index contributed by atoms with van der Waals surface area (Å²) in [5, 5.41) is 29.6. The zero-order chi connectivity index (χ0) is 20.0. The number of diazo groups is 1. The summed E-state index contributed by atoms with van der Waals surface area (Å²) in [6.45, 7) is 0. The molecule has 0 aliphatic heterocycles. The number of sulfonamides is 1. The summed E-state index contributed by atoms with van der Waals surface area (Å²) in [6, 6.07) is 12.3. The van der Waals surface area contributed by atoms with Gasteiger partial charge in [0.05, 0.1) is 15.9 Å². The van der Waals surface area contributed by atoms with Crippen molar-refractivity contribution in [3.63, 3.8) is 0 Å². The Balaban J connectivity index is 2.40. The van der Waals surface area contributed by atoms with Crippen molar-refractivity contribution in [2.45, 2.75) is 17.4 Å². The van der Waals surface area contributed by atoms with Crippen molar-refractivity contribution in [1.82, 2.24) is 4.31 Å². The molecule has 9 nitrogen and oxygen atoms in total.